The van der Waals surface area contributed by atoms with Gasteiger partial charge in [0.15, 0.2) is 0 Å². The molecule has 1 rings (SSSR count). The number of carboxylic acids is 2. The molecule has 0 radical (unpaired) electrons. The highest BCUT2D eigenvalue weighted by atomic mass is 16.4. The minimum absolute atomic E-state index is 0.331. The van der Waals surface area contributed by atoms with Gasteiger partial charge in [-0.25, -0.2) is 0 Å². The fourth-order valence-electron chi connectivity index (χ4n) is 1.39. The van der Waals surface area contributed by atoms with Crippen molar-refractivity contribution in [1.29, 1.82) is 0 Å². The molecule has 0 heterocycles. The Bertz CT molecular complexity index is 373. The van der Waals surface area contributed by atoms with Crippen molar-refractivity contribution in [2.75, 3.05) is 0 Å². The van der Waals surface area contributed by atoms with Crippen LogP contribution in [-0.2, 0) is 9.59 Å². The molecule has 0 aliphatic carbocycles. The number of hydrogen-bond donors (Lipinski definition) is 1. The molecule has 1 aromatic rings. The third-order valence-electron chi connectivity index (χ3n) is 2.21. The molecule has 1 N–H and O–H groups in total. The summed E-state index contributed by atoms with van der Waals surface area (Å²) in [5.41, 5.74) is 0.331. The van der Waals surface area contributed by atoms with Crippen LogP contribution in [0.4, 0.5) is 0 Å². The van der Waals surface area contributed by atoms with E-state index >= 15 is 0 Å². The van der Waals surface area contributed by atoms with E-state index in [2.05, 4.69) is 0 Å². The van der Waals surface area contributed by atoms with Crippen LogP contribution in [0.3, 0.4) is 0 Å². The molecule has 0 saturated heterocycles. The first kappa shape index (κ1) is 12.2. The maximum absolute atomic E-state index is 10.7. The van der Waals surface area contributed by atoms with E-state index in [4.69, 9.17) is 0 Å². The number of carbonyl (C=O) groups excluding carboxylic acids is 2. The van der Waals surface area contributed by atoms with Crippen LogP contribution in [0, 0.1) is 5.92 Å². The maximum atomic E-state index is 10.7. The standard InChI is InChI=1S/C11H12O5/c12-9(13)6-8(11(15)16)10(14)7-4-2-1-3-5-7/h1-5,8,10,14H,6H2,(H,12,13)(H,15,16)/p-2/t8-,10+/m1/s1. The Balaban J connectivity index is 2.87. The normalized spacial score (nSPS) is 14.1. The van der Waals surface area contributed by atoms with Crippen LogP contribution in [0.25, 0.3) is 0 Å². The summed E-state index contributed by atoms with van der Waals surface area (Å²) in [7, 11) is 0. The number of aliphatic carboxylic acids is 2. The molecule has 5 heteroatoms. The molecule has 16 heavy (non-hydrogen) atoms. The minimum Gasteiger partial charge on any atom is -0.550 e. The third kappa shape index (κ3) is 3.06. The predicted octanol–water partition coefficient (Wildman–Crippen LogP) is -1.77. The quantitative estimate of drug-likeness (QED) is 0.635. The van der Waals surface area contributed by atoms with Gasteiger partial charge in [-0.15, -0.1) is 0 Å². The first-order valence-corrected chi connectivity index (χ1v) is 4.66. The first-order chi connectivity index (χ1) is 7.52. The topological polar surface area (TPSA) is 100 Å². The van der Waals surface area contributed by atoms with Gasteiger partial charge in [0.25, 0.3) is 0 Å². The Hall–Kier alpha value is -1.88. The fraction of sp³-hybridized carbons (Fsp3) is 0.273. The second-order valence-corrected chi connectivity index (χ2v) is 3.36. The summed E-state index contributed by atoms with van der Waals surface area (Å²) in [6.45, 7) is 0. The average Bonchev–Trinajstić information content (AvgIpc) is 2.25. The van der Waals surface area contributed by atoms with Crippen LogP contribution < -0.4 is 10.2 Å². The zero-order chi connectivity index (χ0) is 12.1. The second kappa shape index (κ2) is 5.27. The molecule has 0 aliphatic rings. The van der Waals surface area contributed by atoms with Gasteiger partial charge in [-0.05, 0) is 12.0 Å². The van der Waals surface area contributed by atoms with Crippen LogP contribution in [0.1, 0.15) is 18.1 Å². The lowest BCUT2D eigenvalue weighted by Gasteiger charge is -2.24. The Morgan fingerprint density at radius 2 is 1.75 bits per heavy atom. The maximum Gasteiger partial charge on any atom is 0.0873 e. The van der Waals surface area contributed by atoms with Crippen molar-refractivity contribution in [3.8, 4) is 0 Å². The van der Waals surface area contributed by atoms with Crippen molar-refractivity contribution in [1.82, 2.24) is 0 Å². The molecular formula is C11H10O5-2. The highest BCUT2D eigenvalue weighted by Gasteiger charge is 2.22. The van der Waals surface area contributed by atoms with Gasteiger partial charge in [0.2, 0.25) is 0 Å². The lowest BCUT2D eigenvalue weighted by atomic mass is 9.93. The average molecular weight is 222 g/mol. The fourth-order valence-corrected chi connectivity index (χ4v) is 1.39. The first-order valence-electron chi connectivity index (χ1n) is 4.66. The molecule has 0 unspecified atom stereocenters. The van der Waals surface area contributed by atoms with E-state index in [1.165, 1.54) is 12.1 Å². The molecule has 0 aromatic heterocycles. The van der Waals surface area contributed by atoms with Crippen molar-refractivity contribution in [2.45, 2.75) is 12.5 Å². The van der Waals surface area contributed by atoms with Crippen LogP contribution >= 0.6 is 0 Å². The van der Waals surface area contributed by atoms with Gasteiger partial charge < -0.3 is 24.9 Å². The molecule has 0 bridgehead atoms. The monoisotopic (exact) mass is 222 g/mol. The molecule has 0 spiro atoms. The van der Waals surface area contributed by atoms with E-state index < -0.39 is 30.4 Å². The molecule has 5 nitrogen and oxygen atoms in total. The Morgan fingerprint density at radius 3 is 2.19 bits per heavy atom. The summed E-state index contributed by atoms with van der Waals surface area (Å²) in [5, 5.41) is 30.7. The van der Waals surface area contributed by atoms with Crippen molar-refractivity contribution in [3.05, 3.63) is 35.9 Å². The van der Waals surface area contributed by atoms with Crippen molar-refractivity contribution >= 4 is 11.9 Å². The Labute approximate surface area is 92.0 Å². The van der Waals surface area contributed by atoms with Gasteiger partial charge in [-0.2, -0.15) is 0 Å². The highest BCUT2D eigenvalue weighted by molar-refractivity contribution is 5.76. The summed E-state index contributed by atoms with van der Waals surface area (Å²) >= 11 is 0. The smallest absolute Gasteiger partial charge is 0.0873 e. The van der Waals surface area contributed by atoms with E-state index in [1.54, 1.807) is 18.2 Å². The number of hydrogen-bond acceptors (Lipinski definition) is 5. The number of rotatable bonds is 5. The van der Waals surface area contributed by atoms with Gasteiger partial charge in [-0.1, -0.05) is 30.3 Å². The molecule has 0 fully saturated rings. The van der Waals surface area contributed by atoms with Crippen molar-refractivity contribution in [3.63, 3.8) is 0 Å². The van der Waals surface area contributed by atoms with E-state index in [1.807, 2.05) is 0 Å². The van der Waals surface area contributed by atoms with E-state index in [9.17, 15) is 24.9 Å². The molecule has 0 saturated carbocycles. The number of aliphatic hydroxyl groups is 1. The largest absolute Gasteiger partial charge is 0.550 e. The van der Waals surface area contributed by atoms with Crippen LogP contribution in [0.5, 0.6) is 0 Å². The number of carboxylic acid groups (broad SMARTS) is 2. The van der Waals surface area contributed by atoms with Crippen LogP contribution in [0.15, 0.2) is 30.3 Å². The number of benzene rings is 1. The van der Waals surface area contributed by atoms with E-state index in [0.717, 1.165) is 0 Å². The summed E-state index contributed by atoms with van der Waals surface area (Å²) in [6, 6.07) is 7.95. The molecule has 2 atom stereocenters. The second-order valence-electron chi connectivity index (χ2n) is 3.36. The summed E-state index contributed by atoms with van der Waals surface area (Å²) < 4.78 is 0. The lowest BCUT2D eigenvalue weighted by molar-refractivity contribution is -0.323. The van der Waals surface area contributed by atoms with Crippen molar-refractivity contribution < 1.29 is 24.9 Å². The number of carbonyl (C=O) groups is 2. The highest BCUT2D eigenvalue weighted by Crippen LogP contribution is 2.23. The molecule has 86 valence electrons. The zero-order valence-electron chi connectivity index (χ0n) is 8.33. The minimum atomic E-state index is -1.61. The molecule has 1 aromatic carbocycles. The van der Waals surface area contributed by atoms with Crippen LogP contribution in [0.2, 0.25) is 0 Å². The summed E-state index contributed by atoms with van der Waals surface area (Å²) in [4.78, 5) is 21.0. The van der Waals surface area contributed by atoms with Gasteiger partial charge in [0, 0.05) is 17.9 Å². The van der Waals surface area contributed by atoms with Gasteiger partial charge in [0.1, 0.15) is 0 Å². The summed E-state index contributed by atoms with van der Waals surface area (Å²) in [6.07, 6.45) is -2.19. The summed E-state index contributed by atoms with van der Waals surface area (Å²) in [5.74, 6) is -4.66. The number of aliphatic hydroxyl groups excluding tert-OH is 1. The Morgan fingerprint density at radius 1 is 1.19 bits per heavy atom. The molecular weight excluding hydrogens is 212 g/mol. The van der Waals surface area contributed by atoms with Gasteiger partial charge in [0.05, 0.1) is 6.10 Å². The van der Waals surface area contributed by atoms with E-state index in [0.29, 0.717) is 5.56 Å². The van der Waals surface area contributed by atoms with Crippen molar-refractivity contribution in [2.24, 2.45) is 5.92 Å². The molecule has 0 aliphatic heterocycles. The zero-order valence-corrected chi connectivity index (χ0v) is 8.33. The van der Waals surface area contributed by atoms with E-state index in [-0.39, 0.29) is 0 Å². The van der Waals surface area contributed by atoms with Gasteiger partial charge in [-0.3, -0.25) is 0 Å². The Kier molecular flexibility index (Phi) is 4.02. The van der Waals surface area contributed by atoms with Gasteiger partial charge >= 0.3 is 0 Å². The SMILES string of the molecule is O=C([O-])C[C@@H](C(=O)[O-])[C@@H](O)c1ccccc1. The lowest BCUT2D eigenvalue weighted by Crippen LogP contribution is -2.39. The third-order valence-corrected chi connectivity index (χ3v) is 2.21. The van der Waals surface area contributed by atoms with Crippen LogP contribution in [-0.4, -0.2) is 17.0 Å². The molecule has 0 amide bonds. The predicted molar refractivity (Wildman–Crippen MR) is 49.5 cm³/mol.